The number of aliphatic hydroxyl groups is 1. The molecule has 2 unspecified atom stereocenters. The summed E-state index contributed by atoms with van der Waals surface area (Å²) >= 11 is 0. The molecular weight excluding hydrogens is 462 g/mol. The predicted octanol–water partition coefficient (Wildman–Crippen LogP) is 3.56. The Morgan fingerprint density at radius 2 is 1.89 bits per heavy atom. The number of carbonyl (C=O) groups is 1. The lowest BCUT2D eigenvalue weighted by atomic mass is 9.71. The Morgan fingerprint density at radius 3 is 2.62 bits per heavy atom. The van der Waals surface area contributed by atoms with Gasteiger partial charge in [0.25, 0.3) is 0 Å². The molecule has 1 aliphatic carbocycles. The van der Waals surface area contributed by atoms with E-state index in [1.807, 2.05) is 36.1 Å². The lowest BCUT2D eigenvalue weighted by molar-refractivity contribution is -0.136. The van der Waals surface area contributed by atoms with Crippen LogP contribution in [0.25, 0.3) is 11.4 Å². The van der Waals surface area contributed by atoms with E-state index < -0.39 is 6.23 Å². The maximum atomic E-state index is 13.1. The van der Waals surface area contributed by atoms with Gasteiger partial charge in [-0.25, -0.2) is 9.97 Å². The zero-order valence-corrected chi connectivity index (χ0v) is 21.4. The van der Waals surface area contributed by atoms with Crippen molar-refractivity contribution in [1.82, 2.24) is 19.8 Å². The molecule has 3 aliphatic rings. The van der Waals surface area contributed by atoms with Gasteiger partial charge in [0.05, 0.1) is 6.42 Å². The lowest BCUT2D eigenvalue weighted by Gasteiger charge is -2.56. The summed E-state index contributed by atoms with van der Waals surface area (Å²) < 4.78 is 0. The fourth-order valence-electron chi connectivity index (χ4n) is 6.57. The van der Waals surface area contributed by atoms with Gasteiger partial charge in [-0.3, -0.25) is 9.69 Å². The van der Waals surface area contributed by atoms with Crippen LogP contribution in [0.2, 0.25) is 0 Å². The van der Waals surface area contributed by atoms with E-state index in [1.54, 1.807) is 12.4 Å². The molecule has 2 atom stereocenters. The average Bonchev–Trinajstić information content (AvgIpc) is 3.31. The first-order valence-electron chi connectivity index (χ1n) is 13.4. The number of likely N-dealkylation sites (tertiary alicyclic amines) is 2. The van der Waals surface area contributed by atoms with Gasteiger partial charge < -0.3 is 15.7 Å². The molecule has 1 spiro atoms. The highest BCUT2D eigenvalue weighted by Crippen LogP contribution is 2.48. The molecule has 37 heavy (non-hydrogen) atoms. The van der Waals surface area contributed by atoms with Crippen LogP contribution in [-0.4, -0.2) is 57.0 Å². The molecule has 2 fully saturated rings. The number of aliphatic hydroxyl groups excluding tert-OH is 1. The molecule has 6 rings (SSSR count). The van der Waals surface area contributed by atoms with Crippen LogP contribution in [0.1, 0.15) is 59.3 Å². The first kappa shape index (κ1) is 24.2. The number of piperidine rings is 1. The van der Waals surface area contributed by atoms with E-state index in [2.05, 4.69) is 33.1 Å². The lowest BCUT2D eigenvalue weighted by Crippen LogP contribution is -2.61. The largest absolute Gasteiger partial charge is 0.375 e. The third kappa shape index (κ3) is 4.67. The summed E-state index contributed by atoms with van der Waals surface area (Å²) in [5, 5.41) is 9.94. The highest BCUT2D eigenvalue weighted by Gasteiger charge is 2.48. The van der Waals surface area contributed by atoms with Crippen LogP contribution in [0.3, 0.4) is 0 Å². The molecule has 2 aliphatic heterocycles. The van der Waals surface area contributed by atoms with E-state index in [9.17, 15) is 9.90 Å². The van der Waals surface area contributed by atoms with E-state index in [-0.39, 0.29) is 12.3 Å². The summed E-state index contributed by atoms with van der Waals surface area (Å²) in [5.74, 6) is 0.912. The van der Waals surface area contributed by atoms with Crippen LogP contribution < -0.4 is 5.73 Å². The Hall–Kier alpha value is -3.13. The molecule has 3 N–H and O–H groups in total. The van der Waals surface area contributed by atoms with Gasteiger partial charge in [-0.15, -0.1) is 0 Å². The fraction of sp³-hybridized carbons (Fsp3) is 0.433. The molecule has 0 radical (unpaired) electrons. The van der Waals surface area contributed by atoms with Gasteiger partial charge in [-0.05, 0) is 72.4 Å². The first-order valence-corrected chi connectivity index (χ1v) is 13.4. The molecule has 2 aromatic carbocycles. The van der Waals surface area contributed by atoms with Gasteiger partial charge in [-0.2, -0.15) is 0 Å². The minimum atomic E-state index is -1.06. The quantitative estimate of drug-likeness (QED) is 0.524. The highest BCUT2D eigenvalue weighted by molar-refractivity contribution is 5.79. The zero-order chi connectivity index (χ0) is 25.6. The summed E-state index contributed by atoms with van der Waals surface area (Å²) in [7, 11) is 0. The van der Waals surface area contributed by atoms with Crippen molar-refractivity contribution in [2.24, 2.45) is 11.1 Å². The monoisotopic (exact) mass is 497 g/mol. The number of nitrogens with two attached hydrogens (primary N) is 1. The molecular formula is C30H35N5O2. The Kier molecular flexibility index (Phi) is 6.31. The standard InChI is InChI=1S/C30H35N5O2/c1-20-3-4-22(25(15-20)28(31)37)17-27(36)34-13-9-30(10-14-34)18-35(19-30)26-8-6-21-16-23(5-7-24(21)26)29-32-11-2-12-33-29/h2-5,7,11-12,15-16,26,28,37H,6,8-10,13-14,17-19,31H2,1H3. The van der Waals surface area contributed by atoms with E-state index in [0.717, 1.165) is 68.0 Å². The summed E-state index contributed by atoms with van der Waals surface area (Å²) in [5.41, 5.74) is 12.6. The second-order valence-corrected chi connectivity index (χ2v) is 11.2. The number of aromatic nitrogens is 2. The van der Waals surface area contributed by atoms with Gasteiger partial charge in [0, 0.05) is 50.2 Å². The van der Waals surface area contributed by atoms with E-state index in [4.69, 9.17) is 5.73 Å². The molecule has 2 saturated heterocycles. The molecule has 0 bridgehead atoms. The molecule has 3 aromatic rings. The second kappa shape index (κ2) is 9.63. The number of nitrogens with zero attached hydrogens (tertiary/aromatic N) is 4. The summed E-state index contributed by atoms with van der Waals surface area (Å²) in [6, 6.07) is 14.8. The van der Waals surface area contributed by atoms with Crippen molar-refractivity contribution in [3.63, 3.8) is 0 Å². The number of rotatable bonds is 5. The average molecular weight is 498 g/mol. The molecule has 7 heteroatoms. The van der Waals surface area contributed by atoms with Crippen molar-refractivity contribution in [2.45, 2.75) is 51.3 Å². The van der Waals surface area contributed by atoms with Gasteiger partial charge in [0.15, 0.2) is 5.82 Å². The van der Waals surface area contributed by atoms with E-state index in [1.165, 1.54) is 17.5 Å². The van der Waals surface area contributed by atoms with Crippen molar-refractivity contribution in [3.05, 3.63) is 82.7 Å². The SMILES string of the molecule is Cc1ccc(CC(=O)N2CCC3(CC2)CN(C2CCc4cc(-c5ncccn5)ccc42)C3)c(C(N)O)c1. The van der Waals surface area contributed by atoms with Crippen molar-refractivity contribution < 1.29 is 9.90 Å². The number of carbonyl (C=O) groups excluding carboxylic acids is 1. The van der Waals surface area contributed by atoms with Crippen LogP contribution in [0, 0.1) is 12.3 Å². The molecule has 1 amide bonds. The number of amides is 1. The van der Waals surface area contributed by atoms with Gasteiger partial charge in [-0.1, -0.05) is 35.9 Å². The van der Waals surface area contributed by atoms with Crippen molar-refractivity contribution in [2.75, 3.05) is 26.2 Å². The molecule has 1 aromatic heterocycles. The van der Waals surface area contributed by atoms with Gasteiger partial charge in [0.1, 0.15) is 6.23 Å². The van der Waals surface area contributed by atoms with Crippen LogP contribution in [-0.2, 0) is 17.6 Å². The first-order chi connectivity index (χ1) is 17.9. The second-order valence-electron chi connectivity index (χ2n) is 11.2. The van der Waals surface area contributed by atoms with Crippen molar-refractivity contribution >= 4 is 5.91 Å². The van der Waals surface area contributed by atoms with Crippen LogP contribution in [0.5, 0.6) is 0 Å². The third-order valence-electron chi connectivity index (χ3n) is 8.67. The predicted molar refractivity (Wildman–Crippen MR) is 142 cm³/mol. The summed E-state index contributed by atoms with van der Waals surface area (Å²) in [4.78, 5) is 26.5. The van der Waals surface area contributed by atoms with Crippen molar-refractivity contribution in [1.29, 1.82) is 0 Å². The van der Waals surface area contributed by atoms with Crippen LogP contribution >= 0.6 is 0 Å². The normalized spacial score (nSPS) is 21.5. The topological polar surface area (TPSA) is 95.6 Å². The van der Waals surface area contributed by atoms with Crippen LogP contribution in [0.4, 0.5) is 0 Å². The summed E-state index contributed by atoms with van der Waals surface area (Å²) in [6.45, 7) is 5.81. The Balaban J connectivity index is 1.05. The van der Waals surface area contributed by atoms with Crippen molar-refractivity contribution in [3.8, 4) is 11.4 Å². The van der Waals surface area contributed by atoms with Crippen LogP contribution in [0.15, 0.2) is 54.9 Å². The van der Waals surface area contributed by atoms with E-state index >= 15 is 0 Å². The highest BCUT2D eigenvalue weighted by atomic mass is 16.3. The number of fused-ring (bicyclic) bond motifs is 1. The van der Waals surface area contributed by atoms with Gasteiger partial charge in [0.2, 0.25) is 5.91 Å². The number of benzene rings is 2. The van der Waals surface area contributed by atoms with Gasteiger partial charge >= 0.3 is 0 Å². The number of hydrogen-bond donors (Lipinski definition) is 2. The maximum absolute atomic E-state index is 13.1. The Bertz CT molecular complexity index is 1290. The zero-order valence-electron chi connectivity index (χ0n) is 21.4. The fourth-order valence-corrected chi connectivity index (χ4v) is 6.57. The molecule has 7 nitrogen and oxygen atoms in total. The third-order valence-corrected chi connectivity index (χ3v) is 8.67. The smallest absolute Gasteiger partial charge is 0.227 e. The minimum Gasteiger partial charge on any atom is -0.375 e. The summed E-state index contributed by atoms with van der Waals surface area (Å²) in [6.07, 6.45) is 7.19. The molecule has 3 heterocycles. The Morgan fingerprint density at radius 1 is 1.14 bits per heavy atom. The minimum absolute atomic E-state index is 0.125. The number of aryl methyl sites for hydroxylation is 2. The maximum Gasteiger partial charge on any atom is 0.227 e. The molecule has 192 valence electrons. The molecule has 0 saturated carbocycles. The number of hydrogen-bond acceptors (Lipinski definition) is 6. The van der Waals surface area contributed by atoms with E-state index in [0.29, 0.717) is 17.0 Å². The Labute approximate surface area is 218 Å².